The maximum absolute atomic E-state index is 5.56. The van der Waals surface area contributed by atoms with Crippen LogP contribution in [0.25, 0.3) is 0 Å². The van der Waals surface area contributed by atoms with Crippen molar-refractivity contribution in [1.29, 1.82) is 0 Å². The molecule has 0 spiro atoms. The van der Waals surface area contributed by atoms with E-state index in [2.05, 4.69) is 36.8 Å². The van der Waals surface area contributed by atoms with Crippen molar-refractivity contribution in [2.45, 2.75) is 19.3 Å². The Morgan fingerprint density at radius 2 is 2.21 bits per heavy atom. The van der Waals surface area contributed by atoms with Gasteiger partial charge in [-0.25, -0.2) is 4.98 Å². The van der Waals surface area contributed by atoms with Crippen LogP contribution in [0, 0.1) is 5.92 Å². The van der Waals surface area contributed by atoms with E-state index in [9.17, 15) is 0 Å². The topological polar surface area (TPSA) is 22.1 Å². The highest BCUT2D eigenvalue weighted by Crippen LogP contribution is 2.32. The Balaban J connectivity index is 1.87. The number of hydrogen-bond acceptors (Lipinski definition) is 2. The molecule has 0 aliphatic heterocycles. The molecule has 76 valence electrons. The van der Waals surface area contributed by atoms with E-state index in [1.54, 1.807) is 6.20 Å². The molecule has 14 heavy (non-hydrogen) atoms. The second-order valence-corrected chi connectivity index (χ2v) is 5.29. The second kappa shape index (κ2) is 4.62. The number of pyridine rings is 1. The minimum absolute atomic E-state index is 0.689. The molecule has 1 aliphatic carbocycles. The highest BCUT2D eigenvalue weighted by Gasteiger charge is 2.20. The predicted octanol–water partition coefficient (Wildman–Crippen LogP) is 3.79. The Morgan fingerprint density at radius 1 is 1.43 bits per heavy atom. The van der Waals surface area contributed by atoms with E-state index in [-0.39, 0.29) is 0 Å². The van der Waals surface area contributed by atoms with Crippen molar-refractivity contribution >= 4 is 31.9 Å². The summed E-state index contributed by atoms with van der Waals surface area (Å²) in [5.41, 5.74) is 0. The smallest absolute Gasteiger partial charge is 0.228 e. The lowest BCUT2D eigenvalue weighted by Crippen LogP contribution is -2.00. The lowest BCUT2D eigenvalue weighted by Gasteiger charge is -2.06. The van der Waals surface area contributed by atoms with Gasteiger partial charge in [-0.05, 0) is 50.3 Å². The first-order chi connectivity index (χ1) is 6.75. The minimum atomic E-state index is 0.689. The number of rotatable bonds is 4. The molecule has 0 aromatic carbocycles. The molecule has 2 rings (SSSR count). The van der Waals surface area contributed by atoms with Crippen LogP contribution in [-0.2, 0) is 0 Å². The Morgan fingerprint density at radius 3 is 2.86 bits per heavy atom. The van der Waals surface area contributed by atoms with Crippen molar-refractivity contribution in [1.82, 2.24) is 4.98 Å². The Hall–Kier alpha value is -0.0900. The van der Waals surface area contributed by atoms with Crippen molar-refractivity contribution in [3.8, 4) is 5.88 Å². The molecule has 4 heteroatoms. The number of ether oxygens (including phenoxy) is 1. The van der Waals surface area contributed by atoms with E-state index in [1.165, 1.54) is 12.8 Å². The summed E-state index contributed by atoms with van der Waals surface area (Å²) in [5.74, 6) is 1.60. The van der Waals surface area contributed by atoms with Gasteiger partial charge in [0, 0.05) is 10.7 Å². The van der Waals surface area contributed by atoms with Crippen LogP contribution in [0.4, 0.5) is 0 Å². The monoisotopic (exact) mass is 319 g/mol. The third-order valence-electron chi connectivity index (χ3n) is 2.24. The zero-order valence-electron chi connectivity index (χ0n) is 7.67. The van der Waals surface area contributed by atoms with Crippen molar-refractivity contribution in [3.63, 3.8) is 0 Å². The van der Waals surface area contributed by atoms with Crippen LogP contribution in [0.15, 0.2) is 21.2 Å². The molecule has 1 aromatic rings. The zero-order valence-corrected chi connectivity index (χ0v) is 10.8. The first kappa shape index (κ1) is 10.4. The molecule has 0 unspecified atom stereocenters. The Bertz CT molecular complexity index is 326. The van der Waals surface area contributed by atoms with Gasteiger partial charge in [-0.2, -0.15) is 0 Å². The van der Waals surface area contributed by atoms with E-state index in [4.69, 9.17) is 4.74 Å². The van der Waals surface area contributed by atoms with E-state index in [1.807, 2.05) is 6.07 Å². The molecule has 0 radical (unpaired) electrons. The SMILES string of the molecule is Brc1cnc(OCCC2CC2)c(Br)c1. The van der Waals surface area contributed by atoms with Crippen LogP contribution in [0.5, 0.6) is 5.88 Å². The molecule has 1 aliphatic rings. The predicted molar refractivity (Wildman–Crippen MR) is 62.5 cm³/mol. The second-order valence-electron chi connectivity index (χ2n) is 3.52. The quantitative estimate of drug-likeness (QED) is 0.842. The molecule has 0 amide bonds. The third kappa shape index (κ3) is 2.95. The van der Waals surface area contributed by atoms with Crippen LogP contribution in [0.3, 0.4) is 0 Å². The van der Waals surface area contributed by atoms with Gasteiger partial charge in [0.15, 0.2) is 0 Å². The van der Waals surface area contributed by atoms with Gasteiger partial charge in [-0.3, -0.25) is 0 Å². The summed E-state index contributed by atoms with van der Waals surface area (Å²) in [6.07, 6.45) is 5.65. The molecular formula is C10H11Br2NO. The number of hydrogen-bond donors (Lipinski definition) is 0. The summed E-state index contributed by atoms with van der Waals surface area (Å²) >= 11 is 6.76. The van der Waals surface area contributed by atoms with Gasteiger partial charge in [0.2, 0.25) is 5.88 Å². The van der Waals surface area contributed by atoms with Crippen LogP contribution >= 0.6 is 31.9 Å². The summed E-state index contributed by atoms with van der Waals surface area (Å²) < 4.78 is 7.43. The van der Waals surface area contributed by atoms with Gasteiger partial charge in [-0.15, -0.1) is 0 Å². The molecular weight excluding hydrogens is 310 g/mol. The highest BCUT2D eigenvalue weighted by molar-refractivity contribution is 9.11. The number of nitrogens with zero attached hydrogens (tertiary/aromatic N) is 1. The zero-order chi connectivity index (χ0) is 9.97. The van der Waals surface area contributed by atoms with E-state index < -0.39 is 0 Å². The molecule has 0 bridgehead atoms. The highest BCUT2D eigenvalue weighted by atomic mass is 79.9. The fourth-order valence-electron chi connectivity index (χ4n) is 1.24. The van der Waals surface area contributed by atoms with Crippen LogP contribution in [0.2, 0.25) is 0 Å². The van der Waals surface area contributed by atoms with Gasteiger partial charge in [0.1, 0.15) is 0 Å². The molecule has 1 heterocycles. The lowest BCUT2D eigenvalue weighted by atomic mass is 10.3. The van der Waals surface area contributed by atoms with Crippen molar-refractivity contribution in [2.24, 2.45) is 5.92 Å². The van der Waals surface area contributed by atoms with E-state index >= 15 is 0 Å². The average molecular weight is 321 g/mol. The standard InChI is InChI=1S/C10H11Br2NO/c11-8-5-9(12)10(13-6-8)14-4-3-7-1-2-7/h5-7H,1-4H2. The summed E-state index contributed by atoms with van der Waals surface area (Å²) in [5, 5.41) is 0. The van der Waals surface area contributed by atoms with Crippen LogP contribution < -0.4 is 4.74 Å². The van der Waals surface area contributed by atoms with Crippen LogP contribution in [-0.4, -0.2) is 11.6 Å². The molecule has 1 aromatic heterocycles. The normalized spacial score (nSPS) is 15.6. The average Bonchev–Trinajstić information content (AvgIpc) is 2.92. The van der Waals surface area contributed by atoms with E-state index in [0.29, 0.717) is 5.88 Å². The number of aromatic nitrogens is 1. The summed E-state index contributed by atoms with van der Waals surface area (Å²) in [4.78, 5) is 4.18. The van der Waals surface area contributed by atoms with Gasteiger partial charge in [0.25, 0.3) is 0 Å². The fourth-order valence-corrected chi connectivity index (χ4v) is 2.34. The minimum Gasteiger partial charge on any atom is -0.477 e. The molecule has 1 fully saturated rings. The maximum Gasteiger partial charge on any atom is 0.228 e. The van der Waals surface area contributed by atoms with Crippen molar-refractivity contribution in [3.05, 3.63) is 21.2 Å². The largest absolute Gasteiger partial charge is 0.477 e. The first-order valence-corrected chi connectivity index (χ1v) is 6.28. The number of halogens is 2. The molecule has 0 saturated heterocycles. The maximum atomic E-state index is 5.56. The summed E-state index contributed by atoms with van der Waals surface area (Å²) in [6.45, 7) is 0.776. The fraction of sp³-hybridized carbons (Fsp3) is 0.500. The Kier molecular flexibility index (Phi) is 3.44. The van der Waals surface area contributed by atoms with Gasteiger partial charge < -0.3 is 4.74 Å². The van der Waals surface area contributed by atoms with Crippen molar-refractivity contribution in [2.75, 3.05) is 6.61 Å². The Labute approximate surface area is 100 Å². The van der Waals surface area contributed by atoms with Crippen molar-refractivity contribution < 1.29 is 4.74 Å². The summed E-state index contributed by atoms with van der Waals surface area (Å²) in [6, 6.07) is 1.94. The van der Waals surface area contributed by atoms with Crippen LogP contribution in [0.1, 0.15) is 19.3 Å². The molecule has 0 N–H and O–H groups in total. The molecule has 2 nitrogen and oxygen atoms in total. The summed E-state index contributed by atoms with van der Waals surface area (Å²) in [7, 11) is 0. The van der Waals surface area contributed by atoms with Gasteiger partial charge in [0.05, 0.1) is 11.1 Å². The third-order valence-corrected chi connectivity index (χ3v) is 3.24. The van der Waals surface area contributed by atoms with Gasteiger partial charge in [-0.1, -0.05) is 12.8 Å². The van der Waals surface area contributed by atoms with E-state index in [0.717, 1.165) is 27.9 Å². The molecule has 1 saturated carbocycles. The lowest BCUT2D eigenvalue weighted by molar-refractivity contribution is 0.289. The molecule has 0 atom stereocenters. The van der Waals surface area contributed by atoms with Gasteiger partial charge >= 0.3 is 0 Å². The first-order valence-electron chi connectivity index (χ1n) is 4.69.